The van der Waals surface area contributed by atoms with Gasteiger partial charge < -0.3 is 10.1 Å². The van der Waals surface area contributed by atoms with Gasteiger partial charge in [-0.3, -0.25) is 4.72 Å². The molecule has 25 heavy (non-hydrogen) atoms. The molecule has 0 bridgehead atoms. The number of sulfonamides is 1. The van der Waals surface area contributed by atoms with Gasteiger partial charge in [-0.05, 0) is 48.5 Å². The van der Waals surface area contributed by atoms with Crippen molar-refractivity contribution in [1.29, 1.82) is 0 Å². The van der Waals surface area contributed by atoms with E-state index in [1.54, 1.807) is 49.6 Å². The number of methoxy groups -OCH3 is 1. The lowest BCUT2D eigenvalue weighted by molar-refractivity contribution is 0.415. The number of benzene rings is 3. The van der Waals surface area contributed by atoms with Crippen LogP contribution in [0.3, 0.4) is 0 Å². The van der Waals surface area contributed by atoms with Gasteiger partial charge in [0.05, 0.1) is 12.0 Å². The minimum atomic E-state index is -3.58. The van der Waals surface area contributed by atoms with E-state index in [1.165, 1.54) is 0 Å². The second kappa shape index (κ2) is 7.27. The zero-order valence-corrected chi connectivity index (χ0v) is 14.5. The average Bonchev–Trinajstić information content (AvgIpc) is 2.64. The summed E-state index contributed by atoms with van der Waals surface area (Å²) in [6.45, 7) is 0. The van der Waals surface area contributed by atoms with E-state index in [0.717, 1.165) is 17.1 Å². The van der Waals surface area contributed by atoms with Gasteiger partial charge in [0.15, 0.2) is 0 Å². The lowest BCUT2D eigenvalue weighted by Gasteiger charge is -2.11. The standard InChI is InChI=1S/C19H18N2O3S/c1-24-18-7-5-6-17(14-18)20-15-10-12-16(13-11-15)21-25(22,23)19-8-3-2-4-9-19/h2-14,20-21H,1H3. The molecule has 0 radical (unpaired) electrons. The van der Waals surface area contributed by atoms with Crippen molar-refractivity contribution >= 4 is 27.1 Å². The van der Waals surface area contributed by atoms with Crippen LogP contribution in [0.25, 0.3) is 0 Å². The predicted molar refractivity (Wildman–Crippen MR) is 100.0 cm³/mol. The summed E-state index contributed by atoms with van der Waals surface area (Å²) < 4.78 is 32.4. The normalized spacial score (nSPS) is 10.9. The van der Waals surface area contributed by atoms with Crippen LogP contribution < -0.4 is 14.8 Å². The minimum absolute atomic E-state index is 0.230. The summed E-state index contributed by atoms with van der Waals surface area (Å²) >= 11 is 0. The Morgan fingerprint density at radius 1 is 0.760 bits per heavy atom. The maximum atomic E-state index is 12.3. The summed E-state index contributed by atoms with van der Waals surface area (Å²) in [5, 5.41) is 3.24. The second-order valence-corrected chi connectivity index (χ2v) is 7.04. The Morgan fingerprint density at radius 3 is 2.12 bits per heavy atom. The minimum Gasteiger partial charge on any atom is -0.497 e. The van der Waals surface area contributed by atoms with Gasteiger partial charge in [0.2, 0.25) is 0 Å². The first-order valence-corrected chi connectivity index (χ1v) is 9.14. The Hall–Kier alpha value is -2.99. The van der Waals surface area contributed by atoms with Crippen molar-refractivity contribution in [3.05, 3.63) is 78.9 Å². The van der Waals surface area contributed by atoms with Crippen molar-refractivity contribution in [2.45, 2.75) is 4.90 Å². The number of rotatable bonds is 6. The van der Waals surface area contributed by atoms with Crippen LogP contribution in [-0.2, 0) is 10.0 Å². The van der Waals surface area contributed by atoms with Crippen LogP contribution >= 0.6 is 0 Å². The largest absolute Gasteiger partial charge is 0.497 e. The molecule has 5 nitrogen and oxygen atoms in total. The molecule has 3 aromatic rings. The smallest absolute Gasteiger partial charge is 0.261 e. The molecular formula is C19H18N2O3S. The summed E-state index contributed by atoms with van der Waals surface area (Å²) in [4.78, 5) is 0.230. The monoisotopic (exact) mass is 354 g/mol. The molecule has 0 atom stereocenters. The molecule has 0 heterocycles. The van der Waals surface area contributed by atoms with Crippen molar-refractivity contribution in [1.82, 2.24) is 0 Å². The molecule has 0 aromatic heterocycles. The van der Waals surface area contributed by atoms with Crippen molar-refractivity contribution in [2.24, 2.45) is 0 Å². The number of anilines is 3. The topological polar surface area (TPSA) is 67.4 Å². The molecule has 0 spiro atoms. The van der Waals surface area contributed by atoms with Crippen LogP contribution in [0.2, 0.25) is 0 Å². The molecule has 0 amide bonds. The highest BCUT2D eigenvalue weighted by molar-refractivity contribution is 7.92. The first kappa shape index (κ1) is 16.9. The molecule has 0 aliphatic carbocycles. The van der Waals surface area contributed by atoms with E-state index < -0.39 is 10.0 Å². The van der Waals surface area contributed by atoms with Crippen molar-refractivity contribution in [2.75, 3.05) is 17.1 Å². The summed E-state index contributed by atoms with van der Waals surface area (Å²) in [5.41, 5.74) is 2.23. The molecule has 3 rings (SSSR count). The van der Waals surface area contributed by atoms with Crippen LogP contribution in [-0.4, -0.2) is 15.5 Å². The van der Waals surface area contributed by atoms with Crippen molar-refractivity contribution in [3.8, 4) is 5.75 Å². The van der Waals surface area contributed by atoms with Crippen LogP contribution in [0.1, 0.15) is 0 Å². The van der Waals surface area contributed by atoms with Crippen LogP contribution in [0.5, 0.6) is 5.75 Å². The number of ether oxygens (including phenoxy) is 1. The Bertz CT molecular complexity index is 940. The SMILES string of the molecule is COc1cccc(Nc2ccc(NS(=O)(=O)c3ccccc3)cc2)c1. The molecule has 0 aliphatic heterocycles. The third kappa shape index (κ3) is 4.30. The molecule has 6 heteroatoms. The maximum absolute atomic E-state index is 12.3. The fourth-order valence-corrected chi connectivity index (χ4v) is 3.38. The summed E-state index contributed by atoms with van der Waals surface area (Å²) in [6.07, 6.45) is 0. The Morgan fingerprint density at radius 2 is 1.44 bits per heavy atom. The van der Waals surface area contributed by atoms with Gasteiger partial charge in [-0.25, -0.2) is 8.42 Å². The van der Waals surface area contributed by atoms with E-state index >= 15 is 0 Å². The highest BCUT2D eigenvalue weighted by Gasteiger charge is 2.13. The lowest BCUT2D eigenvalue weighted by atomic mass is 10.2. The van der Waals surface area contributed by atoms with Crippen LogP contribution in [0.4, 0.5) is 17.1 Å². The Balaban J connectivity index is 1.72. The quantitative estimate of drug-likeness (QED) is 0.695. The highest BCUT2D eigenvalue weighted by Crippen LogP contribution is 2.23. The van der Waals surface area contributed by atoms with Gasteiger partial charge in [-0.1, -0.05) is 24.3 Å². The highest BCUT2D eigenvalue weighted by atomic mass is 32.2. The first-order valence-electron chi connectivity index (χ1n) is 7.66. The molecule has 128 valence electrons. The fourth-order valence-electron chi connectivity index (χ4n) is 2.30. The van der Waals surface area contributed by atoms with E-state index in [0.29, 0.717) is 5.69 Å². The fraction of sp³-hybridized carbons (Fsp3) is 0.0526. The number of hydrogen-bond donors (Lipinski definition) is 2. The predicted octanol–water partition coefficient (Wildman–Crippen LogP) is 4.24. The lowest BCUT2D eigenvalue weighted by Crippen LogP contribution is -2.12. The van der Waals surface area contributed by atoms with Gasteiger partial charge in [-0.2, -0.15) is 0 Å². The van der Waals surface area contributed by atoms with Crippen LogP contribution in [0, 0.1) is 0 Å². The van der Waals surface area contributed by atoms with Gasteiger partial charge in [0, 0.05) is 23.1 Å². The molecule has 3 aromatic carbocycles. The second-order valence-electron chi connectivity index (χ2n) is 5.35. The first-order chi connectivity index (χ1) is 12.1. The third-order valence-corrected chi connectivity index (χ3v) is 4.95. The molecule has 2 N–H and O–H groups in total. The van der Waals surface area contributed by atoms with Gasteiger partial charge in [-0.15, -0.1) is 0 Å². The Labute approximate surface area is 147 Å². The average molecular weight is 354 g/mol. The molecular weight excluding hydrogens is 336 g/mol. The van der Waals surface area contributed by atoms with Crippen molar-refractivity contribution < 1.29 is 13.2 Å². The summed E-state index contributed by atoms with van der Waals surface area (Å²) in [5.74, 6) is 0.761. The maximum Gasteiger partial charge on any atom is 0.261 e. The summed E-state index contributed by atoms with van der Waals surface area (Å²) in [7, 11) is -1.96. The number of hydrogen-bond acceptors (Lipinski definition) is 4. The molecule has 0 fully saturated rings. The molecule has 0 unspecified atom stereocenters. The molecule has 0 aliphatic rings. The van der Waals surface area contributed by atoms with Crippen LogP contribution in [0.15, 0.2) is 83.8 Å². The number of nitrogens with one attached hydrogen (secondary N) is 2. The third-order valence-electron chi connectivity index (χ3n) is 3.55. The van der Waals surface area contributed by atoms with E-state index in [2.05, 4.69) is 10.0 Å². The van der Waals surface area contributed by atoms with Gasteiger partial charge in [0.1, 0.15) is 5.75 Å². The van der Waals surface area contributed by atoms with Gasteiger partial charge in [0.25, 0.3) is 10.0 Å². The zero-order chi connectivity index (χ0) is 17.7. The van der Waals surface area contributed by atoms with E-state index in [4.69, 9.17) is 4.74 Å². The molecule has 0 saturated heterocycles. The van der Waals surface area contributed by atoms with E-state index in [9.17, 15) is 8.42 Å². The zero-order valence-electron chi connectivity index (χ0n) is 13.6. The summed E-state index contributed by atoms with van der Waals surface area (Å²) in [6, 6.07) is 22.9. The Kier molecular flexibility index (Phi) is 4.90. The molecule has 0 saturated carbocycles. The van der Waals surface area contributed by atoms with E-state index in [1.807, 2.05) is 36.4 Å². The van der Waals surface area contributed by atoms with E-state index in [-0.39, 0.29) is 4.90 Å². The van der Waals surface area contributed by atoms with Gasteiger partial charge >= 0.3 is 0 Å². The van der Waals surface area contributed by atoms with Crippen molar-refractivity contribution in [3.63, 3.8) is 0 Å².